The van der Waals surface area contributed by atoms with Crippen LogP contribution in [0, 0.1) is 0 Å². The van der Waals surface area contributed by atoms with Crippen LogP contribution in [0.2, 0.25) is 0 Å². The Morgan fingerprint density at radius 1 is 1.12 bits per heavy atom. The Hall–Kier alpha value is -1.84. The predicted molar refractivity (Wildman–Crippen MR) is 104 cm³/mol. The predicted octanol–water partition coefficient (Wildman–Crippen LogP) is 4.19. The van der Waals surface area contributed by atoms with Gasteiger partial charge in [0.05, 0.1) is 7.11 Å². The zero-order valence-electron chi connectivity index (χ0n) is 15.8. The second kappa shape index (κ2) is 7.59. The summed E-state index contributed by atoms with van der Waals surface area (Å²) in [5.41, 5.74) is 4.07. The Balaban J connectivity index is 1.74. The van der Waals surface area contributed by atoms with E-state index in [1.54, 1.807) is 7.11 Å². The van der Waals surface area contributed by atoms with E-state index in [0.717, 1.165) is 25.3 Å². The molecule has 0 saturated carbocycles. The van der Waals surface area contributed by atoms with Gasteiger partial charge in [-0.3, -0.25) is 0 Å². The molecular weight excluding hydrogens is 308 g/mol. The Morgan fingerprint density at radius 2 is 1.88 bits per heavy atom. The first-order chi connectivity index (χ1) is 12.0. The van der Waals surface area contributed by atoms with Crippen LogP contribution in [0.5, 0.6) is 5.75 Å². The first-order valence-corrected chi connectivity index (χ1v) is 9.18. The average Bonchev–Trinajstić information content (AvgIpc) is 3.08. The third-order valence-electron chi connectivity index (χ3n) is 5.08. The largest absolute Gasteiger partial charge is 0.496 e. The standard InChI is InChI=1S/C22H30N2O/c1-22(2,3)18-10-11-20(25-4)17(14-18)15-24-19-12-13-23-21(19)16-8-6-5-7-9-16/h5-11,14,19,21,23-24H,12-13,15H2,1-4H3/t19-,21-/m0/s1. The summed E-state index contributed by atoms with van der Waals surface area (Å²) in [4.78, 5) is 0. The third-order valence-corrected chi connectivity index (χ3v) is 5.08. The van der Waals surface area contributed by atoms with Gasteiger partial charge in [0.1, 0.15) is 5.75 Å². The molecule has 1 heterocycles. The van der Waals surface area contributed by atoms with Gasteiger partial charge in [-0.25, -0.2) is 0 Å². The van der Waals surface area contributed by atoms with Crippen molar-refractivity contribution in [2.24, 2.45) is 0 Å². The Morgan fingerprint density at radius 3 is 2.56 bits per heavy atom. The zero-order valence-corrected chi connectivity index (χ0v) is 15.8. The summed E-state index contributed by atoms with van der Waals surface area (Å²) in [5, 5.41) is 7.39. The van der Waals surface area contributed by atoms with Gasteiger partial charge in [0.15, 0.2) is 0 Å². The fraction of sp³-hybridized carbons (Fsp3) is 0.455. The first-order valence-electron chi connectivity index (χ1n) is 9.18. The number of hydrogen-bond acceptors (Lipinski definition) is 3. The zero-order chi connectivity index (χ0) is 17.9. The van der Waals surface area contributed by atoms with Gasteiger partial charge in [0.25, 0.3) is 0 Å². The molecule has 3 nitrogen and oxygen atoms in total. The van der Waals surface area contributed by atoms with Gasteiger partial charge in [-0.1, -0.05) is 63.2 Å². The monoisotopic (exact) mass is 338 g/mol. The molecule has 1 aliphatic rings. The smallest absolute Gasteiger partial charge is 0.123 e. The molecule has 134 valence electrons. The summed E-state index contributed by atoms with van der Waals surface area (Å²) in [5.74, 6) is 0.961. The van der Waals surface area contributed by atoms with E-state index < -0.39 is 0 Å². The highest BCUT2D eigenvalue weighted by Crippen LogP contribution is 2.29. The van der Waals surface area contributed by atoms with E-state index in [0.29, 0.717) is 12.1 Å². The van der Waals surface area contributed by atoms with E-state index in [4.69, 9.17) is 4.74 Å². The minimum Gasteiger partial charge on any atom is -0.496 e. The van der Waals surface area contributed by atoms with Crippen LogP contribution in [0.4, 0.5) is 0 Å². The molecule has 0 bridgehead atoms. The van der Waals surface area contributed by atoms with Crippen molar-refractivity contribution in [3.8, 4) is 5.75 Å². The average molecular weight is 338 g/mol. The fourth-order valence-electron chi connectivity index (χ4n) is 3.56. The summed E-state index contributed by atoms with van der Waals surface area (Å²) in [6.45, 7) is 8.62. The van der Waals surface area contributed by atoms with Gasteiger partial charge in [0.2, 0.25) is 0 Å². The maximum atomic E-state index is 5.58. The Labute approximate surface area is 151 Å². The van der Waals surface area contributed by atoms with Crippen LogP contribution in [0.1, 0.15) is 49.9 Å². The van der Waals surface area contributed by atoms with Crippen LogP contribution in [-0.2, 0) is 12.0 Å². The second-order valence-corrected chi connectivity index (χ2v) is 7.90. The van der Waals surface area contributed by atoms with E-state index in [1.165, 1.54) is 16.7 Å². The van der Waals surface area contributed by atoms with Crippen LogP contribution in [-0.4, -0.2) is 19.7 Å². The van der Waals surface area contributed by atoms with Crippen molar-refractivity contribution in [1.82, 2.24) is 10.6 Å². The number of hydrogen-bond donors (Lipinski definition) is 2. The summed E-state index contributed by atoms with van der Waals surface area (Å²) in [7, 11) is 1.75. The van der Waals surface area contributed by atoms with Crippen LogP contribution in [0.25, 0.3) is 0 Å². The van der Waals surface area contributed by atoms with Crippen molar-refractivity contribution in [2.75, 3.05) is 13.7 Å². The molecular formula is C22H30N2O. The van der Waals surface area contributed by atoms with Crippen molar-refractivity contribution in [3.63, 3.8) is 0 Å². The highest BCUT2D eigenvalue weighted by Gasteiger charge is 2.27. The lowest BCUT2D eigenvalue weighted by atomic mass is 9.86. The fourth-order valence-corrected chi connectivity index (χ4v) is 3.56. The van der Waals surface area contributed by atoms with Gasteiger partial charge in [-0.05, 0) is 35.6 Å². The molecule has 3 rings (SSSR count). The van der Waals surface area contributed by atoms with Gasteiger partial charge in [-0.2, -0.15) is 0 Å². The second-order valence-electron chi connectivity index (χ2n) is 7.90. The molecule has 2 aromatic carbocycles. The summed E-state index contributed by atoms with van der Waals surface area (Å²) < 4.78 is 5.58. The van der Waals surface area contributed by atoms with Crippen molar-refractivity contribution in [2.45, 2.75) is 51.2 Å². The number of benzene rings is 2. The molecule has 0 radical (unpaired) electrons. The van der Waals surface area contributed by atoms with Gasteiger partial charge in [-0.15, -0.1) is 0 Å². The molecule has 1 saturated heterocycles. The minimum absolute atomic E-state index is 0.141. The summed E-state index contributed by atoms with van der Waals surface area (Å²) in [6, 6.07) is 18.1. The molecule has 0 aliphatic carbocycles. The molecule has 1 fully saturated rings. The van der Waals surface area contributed by atoms with Crippen molar-refractivity contribution < 1.29 is 4.74 Å². The van der Waals surface area contributed by atoms with E-state index >= 15 is 0 Å². The lowest BCUT2D eigenvalue weighted by Gasteiger charge is -2.24. The molecule has 2 N–H and O–H groups in total. The quantitative estimate of drug-likeness (QED) is 0.858. The number of ether oxygens (including phenoxy) is 1. The van der Waals surface area contributed by atoms with Gasteiger partial charge >= 0.3 is 0 Å². The lowest BCUT2D eigenvalue weighted by Crippen LogP contribution is -2.34. The molecule has 1 aliphatic heterocycles. The first kappa shape index (κ1) is 18.0. The lowest BCUT2D eigenvalue weighted by molar-refractivity contribution is 0.400. The van der Waals surface area contributed by atoms with Crippen LogP contribution < -0.4 is 15.4 Å². The maximum absolute atomic E-state index is 5.58. The van der Waals surface area contributed by atoms with E-state index in [9.17, 15) is 0 Å². The van der Waals surface area contributed by atoms with Crippen molar-refractivity contribution in [1.29, 1.82) is 0 Å². The minimum atomic E-state index is 0.141. The van der Waals surface area contributed by atoms with E-state index in [-0.39, 0.29) is 5.41 Å². The van der Waals surface area contributed by atoms with E-state index in [1.807, 2.05) is 0 Å². The highest BCUT2D eigenvalue weighted by molar-refractivity contribution is 5.39. The maximum Gasteiger partial charge on any atom is 0.123 e. The van der Waals surface area contributed by atoms with Crippen molar-refractivity contribution >= 4 is 0 Å². The SMILES string of the molecule is COc1ccc(C(C)(C)C)cc1CN[C@H]1CCN[C@H]1c1ccccc1. The Kier molecular flexibility index (Phi) is 5.45. The molecule has 0 amide bonds. The van der Waals surface area contributed by atoms with E-state index in [2.05, 4.69) is 79.9 Å². The van der Waals surface area contributed by atoms with Gasteiger partial charge in [0, 0.05) is 24.2 Å². The highest BCUT2D eigenvalue weighted by atomic mass is 16.5. The number of methoxy groups -OCH3 is 1. The molecule has 3 heteroatoms. The molecule has 2 atom stereocenters. The normalized spacial score (nSPS) is 20.6. The third kappa shape index (κ3) is 4.23. The van der Waals surface area contributed by atoms with Crippen LogP contribution >= 0.6 is 0 Å². The van der Waals surface area contributed by atoms with Crippen LogP contribution in [0.3, 0.4) is 0 Å². The molecule has 25 heavy (non-hydrogen) atoms. The number of rotatable bonds is 5. The Bertz CT molecular complexity index is 691. The molecule has 0 spiro atoms. The molecule has 0 aromatic heterocycles. The summed E-state index contributed by atoms with van der Waals surface area (Å²) in [6.07, 6.45) is 1.14. The molecule has 2 aromatic rings. The number of nitrogens with one attached hydrogen (secondary N) is 2. The molecule has 0 unspecified atom stereocenters. The summed E-state index contributed by atoms with van der Waals surface area (Å²) >= 11 is 0. The van der Waals surface area contributed by atoms with Crippen LogP contribution in [0.15, 0.2) is 48.5 Å². The van der Waals surface area contributed by atoms with Gasteiger partial charge < -0.3 is 15.4 Å². The van der Waals surface area contributed by atoms with Crippen molar-refractivity contribution in [3.05, 3.63) is 65.2 Å². The topological polar surface area (TPSA) is 33.3 Å².